The molecule has 13 heavy (non-hydrogen) atoms. The Balaban J connectivity index is 3.20. The summed E-state index contributed by atoms with van der Waals surface area (Å²) in [6.07, 6.45) is 13.2. The summed E-state index contributed by atoms with van der Waals surface area (Å²) < 4.78 is 0. The van der Waals surface area contributed by atoms with E-state index in [9.17, 15) is 0 Å². The number of allylic oxidation sites excluding steroid dienone is 2. The van der Waals surface area contributed by atoms with Crippen LogP contribution in [0.2, 0.25) is 0 Å². The van der Waals surface area contributed by atoms with Crippen LogP contribution in [0.25, 0.3) is 0 Å². The molecule has 1 atom stereocenters. The molecule has 78 valence electrons. The molecule has 1 unspecified atom stereocenters. The smallest absolute Gasteiger partial charge is 0.0515 e. The van der Waals surface area contributed by atoms with E-state index in [1.54, 1.807) is 0 Å². The molecule has 0 bridgehead atoms. The van der Waals surface area contributed by atoms with Gasteiger partial charge in [0.05, 0.1) is 5.38 Å². The molecule has 0 amide bonds. The molecule has 0 aromatic rings. The molecule has 0 saturated carbocycles. The fourth-order valence-corrected chi connectivity index (χ4v) is 1.63. The Kier molecular flexibility index (Phi) is 10.1. The standard InChI is InChI=1S/C12H23Cl/c1-3-5-6-7-8-9-11-12(13)10-4-2/h9,11-12H,3-8,10H2,1-2H3. The van der Waals surface area contributed by atoms with Crippen LogP contribution < -0.4 is 0 Å². The molecule has 0 aliphatic rings. The van der Waals surface area contributed by atoms with Crippen molar-refractivity contribution in [2.45, 2.75) is 64.2 Å². The largest absolute Gasteiger partial charge is 0.118 e. The minimum atomic E-state index is 0.260. The van der Waals surface area contributed by atoms with E-state index in [2.05, 4.69) is 26.0 Å². The van der Waals surface area contributed by atoms with Crippen LogP contribution in [0, 0.1) is 0 Å². The van der Waals surface area contributed by atoms with E-state index in [0.29, 0.717) is 0 Å². The zero-order chi connectivity index (χ0) is 9.94. The predicted molar refractivity (Wildman–Crippen MR) is 62.4 cm³/mol. The molecule has 0 aliphatic carbocycles. The van der Waals surface area contributed by atoms with Crippen LogP contribution in [0.4, 0.5) is 0 Å². The van der Waals surface area contributed by atoms with Crippen LogP contribution in [0.3, 0.4) is 0 Å². The van der Waals surface area contributed by atoms with Gasteiger partial charge in [-0.1, -0.05) is 51.7 Å². The average molecular weight is 203 g/mol. The first kappa shape index (κ1) is 13.0. The average Bonchev–Trinajstić information content (AvgIpc) is 2.11. The number of rotatable bonds is 8. The lowest BCUT2D eigenvalue weighted by atomic mass is 10.1. The molecule has 0 nitrogen and oxygen atoms in total. The minimum Gasteiger partial charge on any atom is -0.118 e. The summed E-state index contributed by atoms with van der Waals surface area (Å²) in [7, 11) is 0. The van der Waals surface area contributed by atoms with Crippen LogP contribution in [0.1, 0.15) is 58.8 Å². The fourth-order valence-electron chi connectivity index (χ4n) is 1.30. The molecule has 0 fully saturated rings. The lowest BCUT2D eigenvalue weighted by Crippen LogP contribution is -1.90. The van der Waals surface area contributed by atoms with Gasteiger partial charge in [-0.3, -0.25) is 0 Å². The van der Waals surface area contributed by atoms with E-state index in [4.69, 9.17) is 11.6 Å². The highest BCUT2D eigenvalue weighted by atomic mass is 35.5. The summed E-state index contributed by atoms with van der Waals surface area (Å²) in [4.78, 5) is 0. The maximum absolute atomic E-state index is 6.03. The lowest BCUT2D eigenvalue weighted by Gasteiger charge is -1.99. The van der Waals surface area contributed by atoms with E-state index in [1.807, 2.05) is 0 Å². The van der Waals surface area contributed by atoms with Crippen molar-refractivity contribution in [3.8, 4) is 0 Å². The molecule has 1 heteroatoms. The van der Waals surface area contributed by atoms with Gasteiger partial charge in [-0.2, -0.15) is 0 Å². The zero-order valence-corrected chi connectivity index (χ0v) is 9.82. The van der Waals surface area contributed by atoms with Gasteiger partial charge >= 0.3 is 0 Å². The highest BCUT2D eigenvalue weighted by Crippen LogP contribution is 2.08. The highest BCUT2D eigenvalue weighted by molar-refractivity contribution is 6.21. The predicted octanol–water partition coefficient (Wildman–Crippen LogP) is 4.92. The molecule has 0 aromatic heterocycles. The third-order valence-corrected chi connectivity index (χ3v) is 2.50. The summed E-state index contributed by atoms with van der Waals surface area (Å²) in [5, 5.41) is 0.260. The Hall–Kier alpha value is 0.0300. The summed E-state index contributed by atoms with van der Waals surface area (Å²) in [5.41, 5.74) is 0. The molecule has 0 heterocycles. The van der Waals surface area contributed by atoms with Crippen LogP contribution in [0.5, 0.6) is 0 Å². The van der Waals surface area contributed by atoms with Gasteiger partial charge in [0.1, 0.15) is 0 Å². The molecular weight excluding hydrogens is 180 g/mol. The SMILES string of the molecule is CCCCCCC=CC(Cl)CCC. The maximum Gasteiger partial charge on any atom is 0.0515 e. The van der Waals surface area contributed by atoms with Gasteiger partial charge in [0.15, 0.2) is 0 Å². The van der Waals surface area contributed by atoms with E-state index < -0.39 is 0 Å². The second kappa shape index (κ2) is 10.1. The Bertz CT molecular complexity index is 118. The zero-order valence-electron chi connectivity index (χ0n) is 9.06. The second-order valence-corrected chi connectivity index (χ2v) is 4.14. The van der Waals surface area contributed by atoms with Crippen LogP contribution in [0.15, 0.2) is 12.2 Å². The summed E-state index contributed by atoms with van der Waals surface area (Å²) >= 11 is 6.03. The number of hydrogen-bond donors (Lipinski definition) is 0. The fraction of sp³-hybridized carbons (Fsp3) is 0.833. The number of halogens is 1. The van der Waals surface area contributed by atoms with Crippen LogP contribution in [-0.4, -0.2) is 5.38 Å². The molecule has 0 N–H and O–H groups in total. The first-order valence-corrected chi connectivity index (χ1v) is 6.05. The summed E-state index contributed by atoms with van der Waals surface area (Å²) in [6.45, 7) is 4.41. The number of alkyl halides is 1. The lowest BCUT2D eigenvalue weighted by molar-refractivity contribution is 0.673. The van der Waals surface area contributed by atoms with Gasteiger partial charge in [-0.25, -0.2) is 0 Å². The van der Waals surface area contributed by atoms with E-state index in [-0.39, 0.29) is 5.38 Å². The minimum absolute atomic E-state index is 0.260. The molecule has 0 rings (SSSR count). The van der Waals surface area contributed by atoms with E-state index >= 15 is 0 Å². The van der Waals surface area contributed by atoms with Crippen molar-refractivity contribution in [1.29, 1.82) is 0 Å². The van der Waals surface area contributed by atoms with Crippen LogP contribution >= 0.6 is 11.6 Å². The molecular formula is C12H23Cl. The molecule has 0 saturated heterocycles. The topological polar surface area (TPSA) is 0 Å². The number of hydrogen-bond acceptors (Lipinski definition) is 0. The first-order chi connectivity index (χ1) is 6.31. The maximum atomic E-state index is 6.03. The third kappa shape index (κ3) is 9.95. The van der Waals surface area contributed by atoms with Gasteiger partial charge < -0.3 is 0 Å². The van der Waals surface area contributed by atoms with Crippen LogP contribution in [-0.2, 0) is 0 Å². The van der Waals surface area contributed by atoms with Gasteiger partial charge in [-0.15, -0.1) is 11.6 Å². The van der Waals surface area contributed by atoms with Crippen molar-refractivity contribution in [2.75, 3.05) is 0 Å². The Morgan fingerprint density at radius 2 is 1.85 bits per heavy atom. The normalized spacial score (nSPS) is 13.8. The van der Waals surface area contributed by atoms with Crippen molar-refractivity contribution in [1.82, 2.24) is 0 Å². The van der Waals surface area contributed by atoms with Crippen molar-refractivity contribution >= 4 is 11.6 Å². The molecule has 0 radical (unpaired) electrons. The Morgan fingerprint density at radius 1 is 1.08 bits per heavy atom. The van der Waals surface area contributed by atoms with Gasteiger partial charge in [0.2, 0.25) is 0 Å². The van der Waals surface area contributed by atoms with Crippen molar-refractivity contribution in [2.24, 2.45) is 0 Å². The van der Waals surface area contributed by atoms with Gasteiger partial charge in [-0.05, 0) is 19.3 Å². The second-order valence-electron chi connectivity index (χ2n) is 3.58. The van der Waals surface area contributed by atoms with Crippen molar-refractivity contribution in [3.63, 3.8) is 0 Å². The highest BCUT2D eigenvalue weighted by Gasteiger charge is 1.95. The first-order valence-electron chi connectivity index (χ1n) is 5.62. The monoisotopic (exact) mass is 202 g/mol. The summed E-state index contributed by atoms with van der Waals surface area (Å²) in [6, 6.07) is 0. The van der Waals surface area contributed by atoms with E-state index in [1.165, 1.54) is 38.5 Å². The van der Waals surface area contributed by atoms with Crippen molar-refractivity contribution < 1.29 is 0 Å². The Labute approximate surface area is 88.4 Å². The molecule has 0 aliphatic heterocycles. The molecule has 0 spiro atoms. The number of unbranched alkanes of at least 4 members (excludes halogenated alkanes) is 4. The van der Waals surface area contributed by atoms with Gasteiger partial charge in [0.25, 0.3) is 0 Å². The summed E-state index contributed by atoms with van der Waals surface area (Å²) in [5.74, 6) is 0. The third-order valence-electron chi connectivity index (χ3n) is 2.13. The van der Waals surface area contributed by atoms with Gasteiger partial charge in [0, 0.05) is 0 Å². The Morgan fingerprint density at radius 3 is 2.46 bits per heavy atom. The van der Waals surface area contributed by atoms with Crippen molar-refractivity contribution in [3.05, 3.63) is 12.2 Å². The van der Waals surface area contributed by atoms with E-state index in [0.717, 1.165) is 6.42 Å². The quantitative estimate of drug-likeness (QED) is 0.298. The molecule has 0 aromatic carbocycles.